The van der Waals surface area contributed by atoms with Gasteiger partial charge in [-0.1, -0.05) is 0 Å². The monoisotopic (exact) mass is 1080 g/mol. The van der Waals surface area contributed by atoms with Gasteiger partial charge in [0.05, 0.1) is 0 Å². The predicted molar refractivity (Wildman–Crippen MR) is 221 cm³/mol. The fourth-order valence-electron chi connectivity index (χ4n) is 4.29. The Morgan fingerprint density at radius 2 is 0.440 bits per heavy atom. The molecule has 50 heavy (non-hydrogen) atoms. The van der Waals surface area contributed by atoms with Gasteiger partial charge in [0.1, 0.15) is 38.0 Å². The van der Waals surface area contributed by atoms with E-state index in [1.807, 2.05) is 49.6 Å². The fourth-order valence-corrected chi connectivity index (χ4v) is 24.7. The van der Waals surface area contributed by atoms with Crippen LogP contribution in [0.2, 0.25) is 0 Å². The second-order valence-corrected chi connectivity index (χ2v) is 27.3. The van der Waals surface area contributed by atoms with Crippen molar-refractivity contribution < 1.29 is 34.8 Å². The molecule has 22 heteroatoms. The molecular weight excluding hydrogens is 1060 g/mol. The van der Waals surface area contributed by atoms with E-state index in [0.717, 1.165) is 24.6 Å². The summed E-state index contributed by atoms with van der Waals surface area (Å²) in [7, 11) is -1.91. The smallest absolute Gasteiger partial charge is 1.00 e. The maximum absolute atomic E-state index is 4.57. The van der Waals surface area contributed by atoms with E-state index >= 15 is 0 Å². The largest absolute Gasteiger partial charge is 1.00 e. The van der Waals surface area contributed by atoms with Crippen molar-refractivity contribution in [2.75, 3.05) is 24.6 Å². The van der Waals surface area contributed by atoms with Gasteiger partial charge in [0.15, 0.2) is 0 Å². The summed E-state index contributed by atoms with van der Waals surface area (Å²) in [6.07, 6.45) is 19.5. The molecule has 0 saturated heterocycles. The minimum atomic E-state index is -0.476. The van der Waals surface area contributed by atoms with Crippen molar-refractivity contribution in [1.29, 1.82) is 0 Å². The third-order valence-corrected chi connectivity index (χ3v) is 26.7. The SMILES string of the molecule is [Au+].[Cl-].c1csc(P(CCP(c2nccs2)c2nccs2)c2nccs2)n1.c1csc(P(CCP(c2nccs2)c2nccs2)c2nccs2)n1. The summed E-state index contributed by atoms with van der Waals surface area (Å²) >= 11 is 13.9. The Hall–Kier alpha value is -0.210. The van der Waals surface area contributed by atoms with E-state index < -0.39 is 31.7 Å². The molecule has 8 aromatic rings. The van der Waals surface area contributed by atoms with Crippen molar-refractivity contribution in [2.45, 2.75) is 0 Å². The first-order chi connectivity index (χ1) is 23.8. The molecule has 0 radical (unpaired) electrons. The van der Waals surface area contributed by atoms with Crippen molar-refractivity contribution in [3.63, 3.8) is 0 Å². The molecule has 0 atom stereocenters. The van der Waals surface area contributed by atoms with Crippen LogP contribution in [0.4, 0.5) is 0 Å². The minimum absolute atomic E-state index is 0. The zero-order chi connectivity index (χ0) is 32.4. The van der Waals surface area contributed by atoms with Crippen LogP contribution in [0.3, 0.4) is 0 Å². The average molecular weight is 1090 g/mol. The van der Waals surface area contributed by atoms with Crippen molar-refractivity contribution in [2.24, 2.45) is 0 Å². The molecule has 0 amide bonds. The Morgan fingerprint density at radius 1 is 0.300 bits per heavy atom. The summed E-state index contributed by atoms with van der Waals surface area (Å²) in [4.78, 5) is 36.6. The molecule has 0 aromatic carbocycles. The first-order valence-electron chi connectivity index (χ1n) is 14.1. The summed E-state index contributed by atoms with van der Waals surface area (Å²) < 4.78 is 9.73. The normalized spacial score (nSPS) is 11.1. The Kier molecular flexibility index (Phi) is 17.7. The molecule has 0 fully saturated rings. The standard InChI is InChI=1S/2C14H12N4P2S4.Au.ClH/c2*1-7-21-11(15-1)19(12-16-2-8-22-12)5-6-20(13-17-3-9-23-13)14-18-4-10-24-14;;/h2*1-4,7-10H,5-6H2;;1H/q;;+1;/p-1. The van der Waals surface area contributed by atoms with Gasteiger partial charge < -0.3 is 12.4 Å². The van der Waals surface area contributed by atoms with Crippen LogP contribution in [0.25, 0.3) is 0 Å². The van der Waals surface area contributed by atoms with Gasteiger partial charge in [-0.05, 0) is 24.6 Å². The van der Waals surface area contributed by atoms with Gasteiger partial charge in [-0.15, -0.1) is 90.7 Å². The number of thiazole rings is 8. The zero-order valence-corrected chi connectivity index (χ0v) is 38.4. The van der Waals surface area contributed by atoms with Gasteiger partial charge in [-0.2, -0.15) is 0 Å². The molecule has 0 aliphatic heterocycles. The molecular formula is C28H24AuClN8P4S8. The van der Waals surface area contributed by atoms with E-state index in [-0.39, 0.29) is 34.8 Å². The van der Waals surface area contributed by atoms with Crippen LogP contribution in [0.15, 0.2) is 92.6 Å². The van der Waals surface area contributed by atoms with Crippen LogP contribution in [0.5, 0.6) is 0 Å². The van der Waals surface area contributed by atoms with Crippen LogP contribution in [0.1, 0.15) is 0 Å². The summed E-state index contributed by atoms with van der Waals surface area (Å²) in [5.74, 6) is 0. The summed E-state index contributed by atoms with van der Waals surface area (Å²) in [6, 6.07) is 0. The molecule has 0 aliphatic rings. The van der Waals surface area contributed by atoms with Crippen molar-refractivity contribution in [3.05, 3.63) is 92.6 Å². The molecule has 0 unspecified atom stereocenters. The molecule has 0 bridgehead atoms. The summed E-state index contributed by atoms with van der Waals surface area (Å²) in [5.41, 5.74) is 0. The third-order valence-electron chi connectivity index (χ3n) is 6.30. The van der Waals surface area contributed by atoms with Gasteiger partial charge in [0, 0.05) is 124 Å². The fraction of sp³-hybridized carbons (Fsp3) is 0.143. The minimum Gasteiger partial charge on any atom is -1.00 e. The van der Waals surface area contributed by atoms with Gasteiger partial charge in [-0.3, -0.25) is 0 Å². The number of hydrogen-bond donors (Lipinski definition) is 0. The Morgan fingerprint density at radius 3 is 0.540 bits per heavy atom. The van der Waals surface area contributed by atoms with Crippen molar-refractivity contribution in [1.82, 2.24) is 39.9 Å². The van der Waals surface area contributed by atoms with Gasteiger partial charge in [0.25, 0.3) is 0 Å². The van der Waals surface area contributed by atoms with Gasteiger partial charge >= 0.3 is 22.4 Å². The molecule has 8 rings (SSSR count). The zero-order valence-electron chi connectivity index (χ0n) is 25.4. The molecule has 8 heterocycles. The number of halogens is 1. The molecule has 0 aliphatic carbocycles. The Balaban J connectivity index is 0.000000187. The first-order valence-corrected chi connectivity index (χ1v) is 27.2. The van der Waals surface area contributed by atoms with Gasteiger partial charge in [-0.25, -0.2) is 39.9 Å². The van der Waals surface area contributed by atoms with Crippen LogP contribution in [0, 0.1) is 0 Å². The Bertz CT molecular complexity index is 1540. The molecule has 8 aromatic heterocycles. The second-order valence-electron chi connectivity index (χ2n) is 9.12. The Labute approximate surface area is 348 Å². The van der Waals surface area contributed by atoms with E-state index in [9.17, 15) is 0 Å². The second kappa shape index (κ2) is 21.6. The van der Waals surface area contributed by atoms with Crippen molar-refractivity contribution in [3.8, 4) is 0 Å². The summed E-state index contributed by atoms with van der Waals surface area (Å²) in [6.45, 7) is 0. The van der Waals surface area contributed by atoms with Gasteiger partial charge in [0.2, 0.25) is 0 Å². The number of aromatic nitrogens is 8. The van der Waals surface area contributed by atoms with E-state index in [0.29, 0.717) is 0 Å². The molecule has 8 nitrogen and oxygen atoms in total. The van der Waals surface area contributed by atoms with Crippen LogP contribution in [-0.2, 0) is 22.4 Å². The molecule has 0 N–H and O–H groups in total. The average Bonchev–Trinajstić information content (AvgIpc) is 3.98. The van der Waals surface area contributed by atoms with E-state index in [1.165, 1.54) is 38.0 Å². The molecule has 0 saturated carbocycles. The first kappa shape index (κ1) is 41.0. The maximum atomic E-state index is 4.57. The topological polar surface area (TPSA) is 103 Å². The van der Waals surface area contributed by atoms with E-state index in [4.69, 9.17) is 0 Å². The maximum Gasteiger partial charge on any atom is 1.00 e. The van der Waals surface area contributed by atoms with Crippen LogP contribution >= 0.6 is 122 Å². The molecule has 0 spiro atoms. The van der Waals surface area contributed by atoms with Crippen LogP contribution in [-0.4, -0.2) is 64.5 Å². The number of nitrogens with zero attached hydrogens (tertiary/aromatic N) is 8. The van der Waals surface area contributed by atoms with Crippen molar-refractivity contribution >= 4 is 160 Å². The number of rotatable bonds is 14. The summed E-state index contributed by atoms with van der Waals surface area (Å²) in [5, 5.41) is 16.5. The predicted octanol–water partition coefficient (Wildman–Crippen LogP) is 3.16. The third kappa shape index (κ3) is 10.9. The molecule has 262 valence electrons. The van der Waals surface area contributed by atoms with E-state index in [2.05, 4.69) is 82.9 Å². The van der Waals surface area contributed by atoms with E-state index in [1.54, 1.807) is 90.7 Å². The quantitative estimate of drug-likeness (QED) is 0.121. The van der Waals surface area contributed by atoms with Crippen LogP contribution < -0.4 is 50.4 Å². The number of hydrogen-bond acceptors (Lipinski definition) is 16.